The van der Waals surface area contributed by atoms with E-state index < -0.39 is 21.8 Å². The zero-order valence-electron chi connectivity index (χ0n) is 9.44. The Hall–Kier alpha value is -0.910. The molecule has 6 heteroatoms. The standard InChI is InChI=1S/C10H17NO4S/c1-2-3-4-5-8-16(14,15)11-9(12)6-7-10(11)13/h2-8H2,1H3. The van der Waals surface area contributed by atoms with Gasteiger partial charge in [0.25, 0.3) is 0 Å². The number of sulfonamides is 1. The molecule has 16 heavy (non-hydrogen) atoms. The van der Waals surface area contributed by atoms with Crippen LogP contribution < -0.4 is 0 Å². The van der Waals surface area contributed by atoms with Crippen LogP contribution in [-0.2, 0) is 19.6 Å². The smallest absolute Gasteiger partial charge is 0.243 e. The molecule has 1 aliphatic rings. The minimum Gasteiger partial charge on any atom is -0.273 e. The summed E-state index contributed by atoms with van der Waals surface area (Å²) in [5.41, 5.74) is 0. The fourth-order valence-corrected chi connectivity index (χ4v) is 3.22. The molecular formula is C10H17NO4S. The van der Waals surface area contributed by atoms with Crippen molar-refractivity contribution in [3.8, 4) is 0 Å². The third kappa shape index (κ3) is 3.04. The second-order valence-corrected chi connectivity index (χ2v) is 5.87. The summed E-state index contributed by atoms with van der Waals surface area (Å²) in [6.45, 7) is 2.03. The van der Waals surface area contributed by atoms with Crippen LogP contribution in [0.5, 0.6) is 0 Å². The number of hydrogen-bond acceptors (Lipinski definition) is 4. The number of rotatable bonds is 6. The first kappa shape index (κ1) is 13.2. The molecule has 1 aliphatic heterocycles. The van der Waals surface area contributed by atoms with E-state index in [1.54, 1.807) is 0 Å². The summed E-state index contributed by atoms with van der Waals surface area (Å²) >= 11 is 0. The number of unbranched alkanes of at least 4 members (excludes halogenated alkanes) is 3. The highest BCUT2D eigenvalue weighted by molar-refractivity contribution is 7.90. The van der Waals surface area contributed by atoms with Gasteiger partial charge in [0.05, 0.1) is 5.75 Å². The van der Waals surface area contributed by atoms with Crippen LogP contribution >= 0.6 is 0 Å². The number of hydrogen-bond donors (Lipinski definition) is 0. The van der Waals surface area contributed by atoms with Gasteiger partial charge in [0.1, 0.15) is 0 Å². The second kappa shape index (κ2) is 5.43. The Balaban J connectivity index is 2.56. The van der Waals surface area contributed by atoms with Crippen molar-refractivity contribution in [1.29, 1.82) is 0 Å². The van der Waals surface area contributed by atoms with Gasteiger partial charge < -0.3 is 0 Å². The molecule has 0 aromatic rings. The molecule has 0 aromatic heterocycles. The maximum Gasteiger partial charge on any atom is 0.243 e. The molecule has 0 aromatic carbocycles. The third-order valence-corrected chi connectivity index (χ3v) is 4.31. The molecule has 92 valence electrons. The Morgan fingerprint density at radius 3 is 2.12 bits per heavy atom. The van der Waals surface area contributed by atoms with Crippen LogP contribution in [0.3, 0.4) is 0 Å². The van der Waals surface area contributed by atoms with E-state index in [0.29, 0.717) is 10.7 Å². The number of nitrogens with zero attached hydrogens (tertiary/aromatic N) is 1. The van der Waals surface area contributed by atoms with Gasteiger partial charge in [-0.3, -0.25) is 9.59 Å². The molecule has 0 spiro atoms. The topological polar surface area (TPSA) is 71.5 Å². The van der Waals surface area contributed by atoms with E-state index in [4.69, 9.17) is 0 Å². The Bertz CT molecular complexity index is 358. The zero-order valence-corrected chi connectivity index (χ0v) is 10.3. The molecule has 0 saturated carbocycles. The number of carbonyl (C=O) groups excluding carboxylic acids is 2. The molecule has 1 saturated heterocycles. The minimum absolute atomic E-state index is 0.0209. The Labute approximate surface area is 95.9 Å². The molecule has 2 amide bonds. The van der Waals surface area contributed by atoms with E-state index in [9.17, 15) is 18.0 Å². The molecular weight excluding hydrogens is 230 g/mol. The van der Waals surface area contributed by atoms with Crippen LogP contribution in [0.1, 0.15) is 45.4 Å². The first-order valence-corrected chi connectivity index (χ1v) is 7.18. The van der Waals surface area contributed by atoms with Crippen LogP contribution in [0.4, 0.5) is 0 Å². The van der Waals surface area contributed by atoms with E-state index in [0.717, 1.165) is 19.3 Å². The molecule has 0 radical (unpaired) electrons. The van der Waals surface area contributed by atoms with Gasteiger partial charge in [0, 0.05) is 12.8 Å². The van der Waals surface area contributed by atoms with E-state index in [1.165, 1.54) is 0 Å². The molecule has 1 rings (SSSR count). The van der Waals surface area contributed by atoms with Gasteiger partial charge in [-0.1, -0.05) is 26.2 Å². The van der Waals surface area contributed by atoms with Gasteiger partial charge in [-0.05, 0) is 6.42 Å². The summed E-state index contributed by atoms with van der Waals surface area (Å²) in [5.74, 6) is -1.27. The highest BCUT2D eigenvalue weighted by Gasteiger charge is 2.38. The Morgan fingerprint density at radius 2 is 1.62 bits per heavy atom. The van der Waals surface area contributed by atoms with Gasteiger partial charge >= 0.3 is 0 Å². The average molecular weight is 247 g/mol. The highest BCUT2D eigenvalue weighted by Crippen LogP contribution is 2.17. The lowest BCUT2D eigenvalue weighted by molar-refractivity contribution is -0.132. The highest BCUT2D eigenvalue weighted by atomic mass is 32.2. The first-order chi connectivity index (χ1) is 7.49. The number of carbonyl (C=O) groups is 2. The van der Waals surface area contributed by atoms with E-state index in [2.05, 4.69) is 0 Å². The number of imide groups is 1. The molecule has 0 unspecified atom stereocenters. The normalized spacial score (nSPS) is 17.2. The molecule has 1 fully saturated rings. The lowest BCUT2D eigenvalue weighted by Gasteiger charge is -2.13. The summed E-state index contributed by atoms with van der Waals surface area (Å²) in [4.78, 5) is 22.5. The summed E-state index contributed by atoms with van der Waals surface area (Å²) in [6.07, 6.45) is 3.35. The van der Waals surface area contributed by atoms with Crippen LogP contribution in [0, 0.1) is 0 Å². The molecule has 5 nitrogen and oxygen atoms in total. The van der Waals surface area contributed by atoms with Crippen LogP contribution in [0.2, 0.25) is 0 Å². The van der Waals surface area contributed by atoms with Crippen LogP contribution in [0.25, 0.3) is 0 Å². The van der Waals surface area contributed by atoms with Gasteiger partial charge in [-0.2, -0.15) is 4.31 Å². The largest absolute Gasteiger partial charge is 0.273 e. The van der Waals surface area contributed by atoms with Gasteiger partial charge in [0.2, 0.25) is 21.8 Å². The molecule has 1 heterocycles. The van der Waals surface area contributed by atoms with Crippen molar-refractivity contribution >= 4 is 21.8 Å². The van der Waals surface area contributed by atoms with Crippen molar-refractivity contribution in [3.05, 3.63) is 0 Å². The molecule has 0 atom stereocenters. The van der Waals surface area contributed by atoms with E-state index in [-0.39, 0.29) is 18.6 Å². The fraction of sp³-hybridized carbons (Fsp3) is 0.800. The Morgan fingerprint density at radius 1 is 1.06 bits per heavy atom. The number of amides is 2. The van der Waals surface area contributed by atoms with Crippen molar-refractivity contribution < 1.29 is 18.0 Å². The lowest BCUT2D eigenvalue weighted by Crippen LogP contribution is -2.37. The van der Waals surface area contributed by atoms with Crippen LogP contribution in [-0.4, -0.2) is 30.3 Å². The average Bonchev–Trinajstić information content (AvgIpc) is 2.54. The molecule has 0 aliphatic carbocycles. The van der Waals surface area contributed by atoms with Gasteiger partial charge in [0.15, 0.2) is 0 Å². The monoisotopic (exact) mass is 247 g/mol. The van der Waals surface area contributed by atoms with Crippen molar-refractivity contribution in [2.24, 2.45) is 0 Å². The van der Waals surface area contributed by atoms with E-state index >= 15 is 0 Å². The molecule has 0 N–H and O–H groups in total. The zero-order chi connectivity index (χ0) is 12.2. The summed E-state index contributed by atoms with van der Waals surface area (Å²) < 4.78 is 23.9. The summed E-state index contributed by atoms with van der Waals surface area (Å²) in [6, 6.07) is 0. The first-order valence-electron chi connectivity index (χ1n) is 5.57. The van der Waals surface area contributed by atoms with Gasteiger partial charge in [-0.25, -0.2) is 8.42 Å². The van der Waals surface area contributed by atoms with Crippen molar-refractivity contribution in [3.63, 3.8) is 0 Å². The lowest BCUT2D eigenvalue weighted by atomic mass is 10.2. The predicted molar refractivity (Wildman–Crippen MR) is 59.0 cm³/mol. The summed E-state index contributed by atoms with van der Waals surface area (Å²) in [7, 11) is -3.70. The Kier molecular flexibility index (Phi) is 4.46. The van der Waals surface area contributed by atoms with E-state index in [1.807, 2.05) is 6.92 Å². The van der Waals surface area contributed by atoms with Crippen LogP contribution in [0.15, 0.2) is 0 Å². The summed E-state index contributed by atoms with van der Waals surface area (Å²) in [5, 5.41) is 0. The minimum atomic E-state index is -3.70. The molecule has 0 bridgehead atoms. The predicted octanol–water partition coefficient (Wildman–Crippen LogP) is 1.05. The second-order valence-electron chi connectivity index (χ2n) is 3.93. The van der Waals surface area contributed by atoms with Gasteiger partial charge in [-0.15, -0.1) is 0 Å². The van der Waals surface area contributed by atoms with Crippen molar-refractivity contribution in [1.82, 2.24) is 4.31 Å². The maximum atomic E-state index is 11.7. The third-order valence-electron chi connectivity index (χ3n) is 2.54. The van der Waals surface area contributed by atoms with Crippen molar-refractivity contribution in [2.75, 3.05) is 5.75 Å². The quantitative estimate of drug-likeness (QED) is 0.519. The van der Waals surface area contributed by atoms with Crippen molar-refractivity contribution in [2.45, 2.75) is 45.4 Å². The SMILES string of the molecule is CCCCCCS(=O)(=O)N1C(=O)CCC1=O. The maximum absolute atomic E-state index is 11.7. The fourth-order valence-electron chi connectivity index (χ4n) is 1.67.